The van der Waals surface area contributed by atoms with Gasteiger partial charge >= 0.3 is 0 Å². The van der Waals surface area contributed by atoms with Gasteiger partial charge in [0.15, 0.2) is 11.5 Å². The minimum atomic E-state index is -0.616. The highest BCUT2D eigenvalue weighted by Crippen LogP contribution is 2.27. The summed E-state index contributed by atoms with van der Waals surface area (Å²) in [6.07, 6.45) is 2.38. The first kappa shape index (κ1) is 17.8. The van der Waals surface area contributed by atoms with Crippen molar-refractivity contribution in [3.63, 3.8) is 0 Å². The lowest BCUT2D eigenvalue weighted by atomic mass is 10.0. The van der Waals surface area contributed by atoms with Gasteiger partial charge in [-0.15, -0.1) is 0 Å². The van der Waals surface area contributed by atoms with Crippen LogP contribution >= 0.6 is 0 Å². The molecule has 0 aliphatic rings. The predicted octanol–water partition coefficient (Wildman–Crippen LogP) is 2.37. The fourth-order valence-corrected chi connectivity index (χ4v) is 2.94. The number of carbonyl (C=O) groups excluding carboxylic acids is 1. The summed E-state index contributed by atoms with van der Waals surface area (Å²) in [4.78, 5) is 15.6. The molecule has 0 radical (unpaired) electrons. The van der Waals surface area contributed by atoms with Crippen LogP contribution in [0.4, 0.5) is 0 Å². The first-order valence-corrected chi connectivity index (χ1v) is 8.41. The van der Waals surface area contributed by atoms with Crippen LogP contribution in [-0.4, -0.2) is 31.2 Å². The minimum absolute atomic E-state index is 0.190. The Morgan fingerprint density at radius 2 is 1.92 bits per heavy atom. The molecule has 4 N–H and O–H groups in total. The molecule has 3 aromatic rings. The second kappa shape index (κ2) is 7.93. The number of benzene rings is 2. The van der Waals surface area contributed by atoms with Crippen LogP contribution < -0.4 is 20.5 Å². The molecule has 0 aliphatic carbocycles. The molecule has 3 rings (SSSR count). The van der Waals surface area contributed by atoms with Crippen molar-refractivity contribution in [1.29, 1.82) is 0 Å². The number of aromatic amines is 1. The Morgan fingerprint density at radius 1 is 1.15 bits per heavy atom. The monoisotopic (exact) mass is 353 g/mol. The van der Waals surface area contributed by atoms with Crippen molar-refractivity contribution >= 4 is 16.8 Å². The minimum Gasteiger partial charge on any atom is -0.493 e. The Balaban J connectivity index is 1.61. The Morgan fingerprint density at radius 3 is 2.69 bits per heavy atom. The zero-order valence-corrected chi connectivity index (χ0v) is 14.9. The molecule has 2 aromatic carbocycles. The van der Waals surface area contributed by atoms with Crippen molar-refractivity contribution in [3.05, 3.63) is 59.8 Å². The lowest BCUT2D eigenvalue weighted by molar-refractivity contribution is -0.122. The molecular formula is C20H23N3O3. The van der Waals surface area contributed by atoms with E-state index in [9.17, 15) is 4.79 Å². The number of ether oxygens (including phenoxy) is 2. The van der Waals surface area contributed by atoms with Crippen molar-refractivity contribution in [2.45, 2.75) is 19.0 Å². The molecule has 1 amide bonds. The Bertz CT molecular complexity index is 904. The van der Waals surface area contributed by atoms with Crippen molar-refractivity contribution in [3.8, 4) is 11.5 Å². The number of nitrogens with one attached hydrogen (secondary N) is 2. The summed E-state index contributed by atoms with van der Waals surface area (Å²) in [5.74, 6) is 1.09. The van der Waals surface area contributed by atoms with Crippen molar-refractivity contribution in [2.24, 2.45) is 5.73 Å². The molecule has 6 heteroatoms. The molecule has 1 heterocycles. The van der Waals surface area contributed by atoms with Crippen molar-refractivity contribution in [2.75, 3.05) is 14.2 Å². The number of hydrogen-bond donors (Lipinski definition) is 3. The molecule has 0 saturated carbocycles. The van der Waals surface area contributed by atoms with Crippen LogP contribution in [0.1, 0.15) is 11.1 Å². The molecule has 26 heavy (non-hydrogen) atoms. The van der Waals surface area contributed by atoms with Crippen LogP contribution in [0.25, 0.3) is 10.9 Å². The molecule has 1 aromatic heterocycles. The van der Waals surface area contributed by atoms with E-state index in [2.05, 4.69) is 10.3 Å². The number of rotatable bonds is 7. The first-order chi connectivity index (χ1) is 12.6. The van der Waals surface area contributed by atoms with E-state index < -0.39 is 6.04 Å². The number of H-pyrrole nitrogens is 1. The second-order valence-electron chi connectivity index (χ2n) is 6.08. The average Bonchev–Trinajstić information content (AvgIpc) is 3.08. The Hall–Kier alpha value is -2.99. The Kier molecular flexibility index (Phi) is 5.43. The van der Waals surface area contributed by atoms with Crippen LogP contribution in [0.5, 0.6) is 11.5 Å². The second-order valence-corrected chi connectivity index (χ2v) is 6.08. The summed E-state index contributed by atoms with van der Waals surface area (Å²) < 4.78 is 10.5. The zero-order chi connectivity index (χ0) is 18.5. The van der Waals surface area contributed by atoms with Gasteiger partial charge < -0.3 is 25.5 Å². The molecule has 6 nitrogen and oxygen atoms in total. The number of aromatic nitrogens is 1. The van der Waals surface area contributed by atoms with Gasteiger partial charge in [-0.1, -0.05) is 24.3 Å². The number of amides is 1. The molecule has 0 aliphatic heterocycles. The van der Waals surface area contributed by atoms with Gasteiger partial charge in [0.2, 0.25) is 5.91 Å². The summed E-state index contributed by atoms with van der Waals surface area (Å²) in [6, 6.07) is 12.9. The normalized spacial score (nSPS) is 12.0. The number of fused-ring (bicyclic) bond motifs is 1. The average molecular weight is 353 g/mol. The quantitative estimate of drug-likeness (QED) is 0.608. The van der Waals surface area contributed by atoms with E-state index >= 15 is 0 Å². The number of nitrogens with two attached hydrogens (primary N) is 1. The van der Waals surface area contributed by atoms with Gasteiger partial charge in [-0.25, -0.2) is 0 Å². The lowest BCUT2D eigenvalue weighted by Gasteiger charge is -2.13. The standard InChI is InChI=1S/C20H23N3O3/c1-25-18-8-7-13(9-19(18)26-2)11-23-20(24)16(21)10-14-12-22-17-6-4-3-5-15(14)17/h3-9,12,16,22H,10-11,21H2,1-2H3,(H,23,24)/t16-/m1/s1. The first-order valence-electron chi connectivity index (χ1n) is 8.41. The predicted molar refractivity (Wildman–Crippen MR) is 101 cm³/mol. The molecule has 0 saturated heterocycles. The van der Waals surface area contributed by atoms with E-state index in [0.717, 1.165) is 22.0 Å². The van der Waals surface area contributed by atoms with Gasteiger partial charge in [0.1, 0.15) is 0 Å². The molecular weight excluding hydrogens is 330 g/mol. The van der Waals surface area contributed by atoms with Gasteiger partial charge in [0.25, 0.3) is 0 Å². The maximum Gasteiger partial charge on any atom is 0.237 e. The SMILES string of the molecule is COc1ccc(CNC(=O)[C@H](N)Cc2c[nH]c3ccccc23)cc1OC. The van der Waals surface area contributed by atoms with Crippen LogP contribution in [0.2, 0.25) is 0 Å². The molecule has 136 valence electrons. The molecule has 0 fully saturated rings. The van der Waals surface area contributed by atoms with E-state index in [-0.39, 0.29) is 5.91 Å². The molecule has 0 spiro atoms. The Labute approximate surface area is 152 Å². The lowest BCUT2D eigenvalue weighted by Crippen LogP contribution is -2.41. The van der Waals surface area contributed by atoms with Crippen LogP contribution in [0.15, 0.2) is 48.7 Å². The maximum absolute atomic E-state index is 12.4. The molecule has 0 bridgehead atoms. The highest BCUT2D eigenvalue weighted by molar-refractivity contribution is 5.86. The fourth-order valence-electron chi connectivity index (χ4n) is 2.94. The summed E-state index contributed by atoms with van der Waals surface area (Å²) in [5, 5.41) is 3.97. The van der Waals surface area contributed by atoms with Gasteiger partial charge in [-0.05, 0) is 35.7 Å². The third kappa shape index (κ3) is 3.81. The summed E-state index contributed by atoms with van der Waals surface area (Å²) >= 11 is 0. The third-order valence-corrected chi connectivity index (χ3v) is 4.37. The van der Waals surface area contributed by atoms with Gasteiger partial charge in [-0.3, -0.25) is 4.79 Å². The van der Waals surface area contributed by atoms with E-state index in [1.54, 1.807) is 14.2 Å². The van der Waals surface area contributed by atoms with E-state index in [4.69, 9.17) is 15.2 Å². The number of carbonyl (C=O) groups is 1. The van der Waals surface area contributed by atoms with E-state index in [1.165, 1.54) is 0 Å². The van der Waals surface area contributed by atoms with Crippen LogP contribution in [0, 0.1) is 0 Å². The van der Waals surface area contributed by atoms with E-state index in [0.29, 0.717) is 24.5 Å². The summed E-state index contributed by atoms with van der Waals surface area (Å²) in [7, 11) is 3.17. The third-order valence-electron chi connectivity index (χ3n) is 4.37. The van der Waals surface area contributed by atoms with Gasteiger partial charge in [0, 0.05) is 23.6 Å². The molecule has 1 atom stereocenters. The number of para-hydroxylation sites is 1. The van der Waals surface area contributed by atoms with Crippen LogP contribution in [-0.2, 0) is 17.8 Å². The highest BCUT2D eigenvalue weighted by atomic mass is 16.5. The maximum atomic E-state index is 12.4. The van der Waals surface area contributed by atoms with Gasteiger partial charge in [-0.2, -0.15) is 0 Å². The summed E-state index contributed by atoms with van der Waals surface area (Å²) in [6.45, 7) is 0.376. The number of hydrogen-bond acceptors (Lipinski definition) is 4. The van der Waals surface area contributed by atoms with Crippen molar-refractivity contribution in [1.82, 2.24) is 10.3 Å². The highest BCUT2D eigenvalue weighted by Gasteiger charge is 2.16. The molecule has 0 unspecified atom stereocenters. The van der Waals surface area contributed by atoms with Crippen LogP contribution in [0.3, 0.4) is 0 Å². The number of methoxy groups -OCH3 is 2. The summed E-state index contributed by atoms with van der Waals surface area (Å²) in [5.41, 5.74) is 9.09. The van der Waals surface area contributed by atoms with Crippen molar-refractivity contribution < 1.29 is 14.3 Å². The van der Waals surface area contributed by atoms with Gasteiger partial charge in [0.05, 0.1) is 20.3 Å². The fraction of sp³-hybridized carbons (Fsp3) is 0.250. The smallest absolute Gasteiger partial charge is 0.237 e. The van der Waals surface area contributed by atoms with E-state index in [1.807, 2.05) is 48.7 Å². The largest absolute Gasteiger partial charge is 0.493 e. The topological polar surface area (TPSA) is 89.4 Å². The zero-order valence-electron chi connectivity index (χ0n) is 14.9.